The summed E-state index contributed by atoms with van der Waals surface area (Å²) in [6.45, 7) is 8.11. The number of anilines is 1. The van der Waals surface area contributed by atoms with Gasteiger partial charge in [-0.25, -0.2) is 4.98 Å². The molecule has 1 fully saturated rings. The van der Waals surface area contributed by atoms with E-state index in [1.165, 1.54) is 12.8 Å². The second kappa shape index (κ2) is 6.77. The van der Waals surface area contributed by atoms with Crippen LogP contribution in [0, 0.1) is 11.3 Å². The van der Waals surface area contributed by atoms with Crippen molar-refractivity contribution in [3.8, 4) is 0 Å². The van der Waals surface area contributed by atoms with Gasteiger partial charge in [0, 0.05) is 23.8 Å². The maximum Gasteiger partial charge on any atom is 0.255 e. The van der Waals surface area contributed by atoms with E-state index in [1.807, 2.05) is 6.07 Å². The fourth-order valence-electron chi connectivity index (χ4n) is 2.47. The lowest BCUT2D eigenvalue weighted by atomic mass is 9.92. The predicted octanol–water partition coefficient (Wildman–Crippen LogP) is 3.83. The van der Waals surface area contributed by atoms with Gasteiger partial charge in [0.05, 0.1) is 5.56 Å². The molecule has 0 unspecified atom stereocenters. The number of pyridine rings is 1. The first-order valence-electron chi connectivity index (χ1n) is 7.66. The smallest absolute Gasteiger partial charge is 0.255 e. The van der Waals surface area contributed by atoms with Gasteiger partial charge in [0.1, 0.15) is 5.82 Å². The maximum absolute atomic E-state index is 12.5. The van der Waals surface area contributed by atoms with Crippen molar-refractivity contribution in [1.82, 2.24) is 10.3 Å². The molecule has 4 nitrogen and oxygen atoms in total. The van der Waals surface area contributed by atoms with Crippen LogP contribution < -0.4 is 10.6 Å². The molecule has 116 valence electrons. The number of rotatable bonds is 7. The number of hydrogen-bond acceptors (Lipinski definition) is 3. The highest BCUT2D eigenvalue weighted by Gasteiger charge is 2.45. The molecular weight excluding hydrogens is 330 g/mol. The Kier molecular flexibility index (Phi) is 5.25. The quantitative estimate of drug-likeness (QED) is 0.782. The van der Waals surface area contributed by atoms with Gasteiger partial charge in [-0.05, 0) is 52.6 Å². The minimum absolute atomic E-state index is 0.0469. The van der Waals surface area contributed by atoms with Gasteiger partial charge in [-0.3, -0.25) is 4.79 Å². The summed E-state index contributed by atoms with van der Waals surface area (Å²) < 4.78 is 0.819. The summed E-state index contributed by atoms with van der Waals surface area (Å²) in [5, 5.41) is 6.30. The zero-order valence-electron chi connectivity index (χ0n) is 13.0. The molecule has 1 aliphatic rings. The van der Waals surface area contributed by atoms with E-state index in [-0.39, 0.29) is 5.91 Å². The fourth-order valence-corrected chi connectivity index (χ4v) is 2.80. The Bertz CT molecular complexity index is 512. The lowest BCUT2D eigenvalue weighted by Crippen LogP contribution is -2.33. The van der Waals surface area contributed by atoms with Gasteiger partial charge in [-0.1, -0.05) is 20.8 Å². The molecule has 0 atom stereocenters. The van der Waals surface area contributed by atoms with Crippen LogP contribution in [0.1, 0.15) is 50.4 Å². The molecule has 2 N–H and O–H groups in total. The molecule has 0 aliphatic heterocycles. The molecule has 1 saturated carbocycles. The number of aromatic nitrogens is 1. The molecule has 0 radical (unpaired) electrons. The summed E-state index contributed by atoms with van der Waals surface area (Å²) >= 11 is 3.39. The van der Waals surface area contributed by atoms with Crippen LogP contribution in [-0.4, -0.2) is 24.0 Å². The number of carbonyl (C=O) groups excluding carboxylic acids is 1. The fraction of sp³-hybridized carbons (Fsp3) is 0.625. The molecule has 1 amide bonds. The molecule has 0 saturated heterocycles. The average Bonchev–Trinajstić information content (AvgIpc) is 3.24. The van der Waals surface area contributed by atoms with E-state index in [4.69, 9.17) is 0 Å². The maximum atomic E-state index is 12.5. The van der Waals surface area contributed by atoms with E-state index in [9.17, 15) is 4.79 Å². The molecule has 5 heteroatoms. The molecule has 1 heterocycles. The Hall–Kier alpha value is -1.10. The van der Waals surface area contributed by atoms with Crippen LogP contribution in [-0.2, 0) is 0 Å². The first-order valence-corrected chi connectivity index (χ1v) is 8.45. The number of carbonyl (C=O) groups is 1. The van der Waals surface area contributed by atoms with Crippen molar-refractivity contribution >= 4 is 27.7 Å². The van der Waals surface area contributed by atoms with Gasteiger partial charge in [-0.15, -0.1) is 0 Å². The van der Waals surface area contributed by atoms with Crippen molar-refractivity contribution in [2.45, 2.75) is 40.0 Å². The van der Waals surface area contributed by atoms with Crippen LogP contribution in [0.15, 0.2) is 16.7 Å². The van der Waals surface area contributed by atoms with E-state index in [0.717, 1.165) is 24.0 Å². The van der Waals surface area contributed by atoms with Crippen LogP contribution in [0.4, 0.5) is 5.82 Å². The largest absolute Gasteiger partial charge is 0.369 e. The molecule has 2 rings (SSSR count). The highest BCUT2D eigenvalue weighted by molar-refractivity contribution is 9.10. The minimum atomic E-state index is -0.0469. The Labute approximate surface area is 135 Å². The third kappa shape index (κ3) is 3.96. The third-order valence-corrected chi connectivity index (χ3v) is 4.79. The lowest BCUT2D eigenvalue weighted by molar-refractivity contribution is 0.0940. The zero-order chi connectivity index (χ0) is 15.5. The average molecular weight is 354 g/mol. The summed E-state index contributed by atoms with van der Waals surface area (Å²) in [5.41, 5.74) is 0.920. The van der Waals surface area contributed by atoms with Crippen molar-refractivity contribution in [2.24, 2.45) is 11.3 Å². The Morgan fingerprint density at radius 1 is 1.48 bits per heavy atom. The first-order chi connectivity index (χ1) is 9.98. The van der Waals surface area contributed by atoms with Gasteiger partial charge in [0.15, 0.2) is 0 Å². The molecule has 0 aromatic carbocycles. The molecule has 1 aliphatic carbocycles. The molecule has 21 heavy (non-hydrogen) atoms. The number of halogens is 1. The van der Waals surface area contributed by atoms with Gasteiger partial charge < -0.3 is 10.6 Å². The molecule has 1 aromatic heterocycles. The van der Waals surface area contributed by atoms with Crippen molar-refractivity contribution in [3.63, 3.8) is 0 Å². The summed E-state index contributed by atoms with van der Waals surface area (Å²) in [5.74, 6) is 1.22. The van der Waals surface area contributed by atoms with Gasteiger partial charge in [0.25, 0.3) is 5.91 Å². The monoisotopic (exact) mass is 353 g/mol. The highest BCUT2D eigenvalue weighted by atomic mass is 79.9. The van der Waals surface area contributed by atoms with Crippen LogP contribution >= 0.6 is 15.9 Å². The van der Waals surface area contributed by atoms with Gasteiger partial charge in [-0.2, -0.15) is 0 Å². The standard InChI is InChI=1S/C16H24BrN3O/c1-4-7-18-14-13(8-12(17)9-19-14)15(21)20-10-16(5-6-16)11(2)3/h8-9,11H,4-7,10H2,1-3H3,(H,18,19)(H,20,21). The zero-order valence-corrected chi connectivity index (χ0v) is 14.6. The topological polar surface area (TPSA) is 54.0 Å². The van der Waals surface area contributed by atoms with Gasteiger partial charge >= 0.3 is 0 Å². The molecule has 0 bridgehead atoms. The van der Waals surface area contributed by atoms with Crippen molar-refractivity contribution in [3.05, 3.63) is 22.3 Å². The van der Waals surface area contributed by atoms with Crippen molar-refractivity contribution in [1.29, 1.82) is 0 Å². The summed E-state index contributed by atoms with van der Waals surface area (Å²) in [7, 11) is 0. The van der Waals surface area contributed by atoms with Crippen LogP contribution in [0.2, 0.25) is 0 Å². The second-order valence-electron chi connectivity index (χ2n) is 6.18. The van der Waals surface area contributed by atoms with Crippen molar-refractivity contribution < 1.29 is 4.79 Å². The number of nitrogens with one attached hydrogen (secondary N) is 2. The van der Waals surface area contributed by atoms with Crippen LogP contribution in [0.25, 0.3) is 0 Å². The lowest BCUT2D eigenvalue weighted by Gasteiger charge is -2.20. The van der Waals surface area contributed by atoms with Crippen LogP contribution in [0.3, 0.4) is 0 Å². The van der Waals surface area contributed by atoms with Crippen molar-refractivity contribution in [2.75, 3.05) is 18.4 Å². The van der Waals surface area contributed by atoms with E-state index in [0.29, 0.717) is 22.7 Å². The number of amides is 1. The Morgan fingerprint density at radius 2 is 2.19 bits per heavy atom. The van der Waals surface area contributed by atoms with Gasteiger partial charge in [0.2, 0.25) is 0 Å². The first kappa shape index (κ1) is 16.3. The molecular formula is C16H24BrN3O. The van der Waals surface area contributed by atoms with E-state index >= 15 is 0 Å². The predicted molar refractivity (Wildman–Crippen MR) is 89.6 cm³/mol. The number of nitrogens with zero attached hydrogens (tertiary/aromatic N) is 1. The van der Waals surface area contributed by atoms with E-state index < -0.39 is 0 Å². The second-order valence-corrected chi connectivity index (χ2v) is 7.09. The highest BCUT2D eigenvalue weighted by Crippen LogP contribution is 2.51. The number of hydrogen-bond donors (Lipinski definition) is 2. The molecule has 0 spiro atoms. The molecule has 1 aromatic rings. The minimum Gasteiger partial charge on any atom is -0.369 e. The Balaban J connectivity index is 2.05. The van der Waals surface area contributed by atoms with E-state index in [2.05, 4.69) is 52.3 Å². The summed E-state index contributed by atoms with van der Waals surface area (Å²) in [4.78, 5) is 16.8. The Morgan fingerprint density at radius 3 is 2.76 bits per heavy atom. The van der Waals surface area contributed by atoms with E-state index in [1.54, 1.807) is 6.20 Å². The summed E-state index contributed by atoms with van der Waals surface area (Å²) in [6.07, 6.45) is 5.13. The van der Waals surface area contributed by atoms with Crippen LogP contribution in [0.5, 0.6) is 0 Å². The third-order valence-electron chi connectivity index (χ3n) is 4.36. The normalized spacial score (nSPS) is 15.9. The summed E-state index contributed by atoms with van der Waals surface area (Å²) in [6, 6.07) is 1.83. The SMILES string of the molecule is CCCNc1ncc(Br)cc1C(=O)NCC1(C(C)C)CC1.